The number of hydrazine groups is 1. The van der Waals surface area contributed by atoms with Crippen LogP contribution in [0.1, 0.15) is 41.5 Å². The maximum atomic E-state index is 11.1. The molecular weight excluding hydrogens is 212 g/mol. The molecule has 0 spiro atoms. The number of ether oxygens (including phenoxy) is 2. The predicted octanol–water partition coefficient (Wildman–Crippen LogP) is 0.489. The number of hydrogen-bond acceptors (Lipinski definition) is 6. The molecule has 0 aromatic heterocycles. The van der Waals surface area contributed by atoms with Gasteiger partial charge in [0, 0.05) is 0 Å². The number of carbonyl (C=O) groups is 2. The average molecular weight is 234 g/mol. The molecule has 0 atom stereocenters. The third-order valence-corrected chi connectivity index (χ3v) is 0.964. The Balaban J connectivity index is 0. The first kappa shape index (κ1) is 17.3. The van der Waals surface area contributed by atoms with E-state index in [0.29, 0.717) is 0 Å². The molecule has 0 aliphatic heterocycles. The van der Waals surface area contributed by atoms with Gasteiger partial charge >= 0.3 is 11.9 Å². The third-order valence-electron chi connectivity index (χ3n) is 0.964. The third kappa shape index (κ3) is 10.9. The summed E-state index contributed by atoms with van der Waals surface area (Å²) in [7, 11) is 0. The summed E-state index contributed by atoms with van der Waals surface area (Å²) in [6.45, 7) is 10.1. The summed E-state index contributed by atoms with van der Waals surface area (Å²) in [6, 6.07) is 0. The Hall–Kier alpha value is -1.14. The largest absolute Gasteiger partial charge is 0.452 e. The summed E-state index contributed by atoms with van der Waals surface area (Å²) >= 11 is 0. The second-order valence-electron chi connectivity index (χ2n) is 5.00. The number of nitrogens with two attached hydrogens (primary N) is 2. The lowest BCUT2D eigenvalue weighted by Crippen LogP contribution is -2.34. The standard InChI is InChI=1S/C10H18O4.H4N2/c1-9(2,3)13-7(11)8(12)14-10(4,5)6;1-2/h1-6H3;1-2H2. The Morgan fingerprint density at radius 3 is 1.06 bits per heavy atom. The summed E-state index contributed by atoms with van der Waals surface area (Å²) in [6.07, 6.45) is 0. The van der Waals surface area contributed by atoms with Gasteiger partial charge in [0.2, 0.25) is 0 Å². The molecule has 0 aliphatic rings. The zero-order chi connectivity index (χ0) is 13.6. The van der Waals surface area contributed by atoms with E-state index >= 15 is 0 Å². The molecule has 0 radical (unpaired) electrons. The van der Waals surface area contributed by atoms with Crippen molar-refractivity contribution in [2.24, 2.45) is 11.7 Å². The predicted molar refractivity (Wildman–Crippen MR) is 60.1 cm³/mol. The van der Waals surface area contributed by atoms with Crippen molar-refractivity contribution in [2.75, 3.05) is 0 Å². The lowest BCUT2D eigenvalue weighted by molar-refractivity contribution is -0.180. The van der Waals surface area contributed by atoms with Crippen LogP contribution in [-0.2, 0) is 19.1 Å². The summed E-state index contributed by atoms with van der Waals surface area (Å²) in [5.41, 5.74) is -1.35. The first-order valence-electron chi connectivity index (χ1n) is 4.81. The number of carbonyl (C=O) groups excluding carboxylic acids is 2. The van der Waals surface area contributed by atoms with E-state index in [1.165, 1.54) is 0 Å². The van der Waals surface area contributed by atoms with Crippen LogP contribution in [0.4, 0.5) is 0 Å². The molecule has 0 bridgehead atoms. The molecule has 0 saturated carbocycles. The lowest BCUT2D eigenvalue weighted by Gasteiger charge is -2.22. The van der Waals surface area contributed by atoms with Gasteiger partial charge in [0.1, 0.15) is 11.2 Å². The monoisotopic (exact) mass is 234 g/mol. The van der Waals surface area contributed by atoms with E-state index in [1.54, 1.807) is 41.5 Å². The van der Waals surface area contributed by atoms with Crippen LogP contribution in [0, 0.1) is 0 Å². The van der Waals surface area contributed by atoms with E-state index in [2.05, 4.69) is 11.7 Å². The second kappa shape index (κ2) is 6.44. The van der Waals surface area contributed by atoms with Crippen molar-refractivity contribution in [1.29, 1.82) is 0 Å². The van der Waals surface area contributed by atoms with E-state index in [0.717, 1.165) is 0 Å². The van der Waals surface area contributed by atoms with Gasteiger partial charge in [-0.3, -0.25) is 11.7 Å². The number of esters is 2. The van der Waals surface area contributed by atoms with Gasteiger partial charge in [-0.1, -0.05) is 0 Å². The average Bonchev–Trinajstić information content (AvgIpc) is 2.01. The molecule has 96 valence electrons. The molecule has 0 saturated heterocycles. The lowest BCUT2D eigenvalue weighted by atomic mass is 10.2. The zero-order valence-corrected chi connectivity index (χ0v) is 10.8. The molecule has 0 aromatic rings. The minimum atomic E-state index is -0.951. The highest BCUT2D eigenvalue weighted by atomic mass is 16.6. The Labute approximate surface area is 96.2 Å². The van der Waals surface area contributed by atoms with Crippen LogP contribution in [-0.4, -0.2) is 23.1 Å². The normalized spacial score (nSPS) is 11.0. The minimum absolute atomic E-state index is 0.673. The second-order valence-corrected chi connectivity index (χ2v) is 5.00. The SMILES string of the molecule is CC(C)(C)OC(=O)C(=O)OC(C)(C)C.NN. The van der Waals surface area contributed by atoms with Crippen LogP contribution < -0.4 is 11.7 Å². The van der Waals surface area contributed by atoms with Crippen LogP contribution in [0.5, 0.6) is 0 Å². The topological polar surface area (TPSA) is 105 Å². The van der Waals surface area contributed by atoms with Crippen LogP contribution in [0.25, 0.3) is 0 Å². The summed E-state index contributed by atoms with van der Waals surface area (Å²) in [5.74, 6) is 6.10. The van der Waals surface area contributed by atoms with Gasteiger partial charge in [0.25, 0.3) is 0 Å². The van der Waals surface area contributed by atoms with Crippen molar-refractivity contribution >= 4 is 11.9 Å². The van der Waals surface area contributed by atoms with E-state index in [-0.39, 0.29) is 0 Å². The van der Waals surface area contributed by atoms with Gasteiger partial charge in [0.05, 0.1) is 0 Å². The Morgan fingerprint density at radius 2 is 0.938 bits per heavy atom. The maximum absolute atomic E-state index is 11.1. The highest BCUT2D eigenvalue weighted by molar-refractivity contribution is 6.29. The molecule has 6 nitrogen and oxygen atoms in total. The molecule has 0 aromatic carbocycles. The molecule has 4 N–H and O–H groups in total. The van der Waals surface area contributed by atoms with E-state index in [1.807, 2.05) is 0 Å². The van der Waals surface area contributed by atoms with Crippen molar-refractivity contribution in [2.45, 2.75) is 52.7 Å². The van der Waals surface area contributed by atoms with Crippen LogP contribution >= 0.6 is 0 Å². The molecule has 0 rings (SSSR count). The smallest absolute Gasteiger partial charge is 0.418 e. The van der Waals surface area contributed by atoms with E-state index in [4.69, 9.17) is 9.47 Å². The number of hydrogen-bond donors (Lipinski definition) is 2. The van der Waals surface area contributed by atoms with Gasteiger partial charge in [-0.2, -0.15) is 0 Å². The van der Waals surface area contributed by atoms with Crippen LogP contribution in [0.2, 0.25) is 0 Å². The van der Waals surface area contributed by atoms with Crippen molar-refractivity contribution in [3.8, 4) is 0 Å². The fourth-order valence-corrected chi connectivity index (χ4v) is 0.640. The maximum Gasteiger partial charge on any atom is 0.418 e. The van der Waals surface area contributed by atoms with Gasteiger partial charge in [-0.25, -0.2) is 9.59 Å². The van der Waals surface area contributed by atoms with Crippen LogP contribution in [0.15, 0.2) is 0 Å². The summed E-state index contributed by atoms with van der Waals surface area (Å²) < 4.78 is 9.66. The first-order valence-corrected chi connectivity index (χ1v) is 4.81. The van der Waals surface area contributed by atoms with Gasteiger partial charge < -0.3 is 9.47 Å². The molecule has 16 heavy (non-hydrogen) atoms. The van der Waals surface area contributed by atoms with E-state index in [9.17, 15) is 9.59 Å². The fraction of sp³-hybridized carbons (Fsp3) is 0.800. The Morgan fingerprint density at radius 1 is 0.750 bits per heavy atom. The molecule has 0 amide bonds. The van der Waals surface area contributed by atoms with Crippen molar-refractivity contribution in [1.82, 2.24) is 0 Å². The molecule has 0 fully saturated rings. The molecule has 6 heteroatoms. The van der Waals surface area contributed by atoms with E-state index < -0.39 is 23.1 Å². The first-order chi connectivity index (χ1) is 7.01. The van der Waals surface area contributed by atoms with Gasteiger partial charge in [0.15, 0.2) is 0 Å². The van der Waals surface area contributed by atoms with Crippen molar-refractivity contribution in [3.63, 3.8) is 0 Å². The van der Waals surface area contributed by atoms with Crippen molar-refractivity contribution < 1.29 is 19.1 Å². The van der Waals surface area contributed by atoms with Gasteiger partial charge in [-0.15, -0.1) is 0 Å². The molecular formula is C10H22N2O4. The van der Waals surface area contributed by atoms with Gasteiger partial charge in [-0.05, 0) is 41.5 Å². The fourth-order valence-electron chi connectivity index (χ4n) is 0.640. The highest BCUT2D eigenvalue weighted by Crippen LogP contribution is 2.11. The van der Waals surface area contributed by atoms with Crippen LogP contribution in [0.3, 0.4) is 0 Å². The molecule has 0 heterocycles. The summed E-state index contributed by atoms with van der Waals surface area (Å²) in [5, 5.41) is 0. The number of rotatable bonds is 0. The quantitative estimate of drug-likeness (QED) is 0.273. The zero-order valence-electron chi connectivity index (χ0n) is 10.8. The molecule has 0 aliphatic carbocycles. The minimum Gasteiger partial charge on any atom is -0.452 e. The Bertz CT molecular complexity index is 212. The highest BCUT2D eigenvalue weighted by Gasteiger charge is 2.27. The van der Waals surface area contributed by atoms with Crippen molar-refractivity contribution in [3.05, 3.63) is 0 Å². The molecule has 0 unspecified atom stereocenters. The Kier molecular flexibility index (Phi) is 6.95. The summed E-state index contributed by atoms with van der Waals surface area (Å²) in [4.78, 5) is 22.3.